The number of ether oxygens (including phenoxy) is 2. The lowest BCUT2D eigenvalue weighted by Crippen LogP contribution is -2.57. The second-order valence-corrected chi connectivity index (χ2v) is 11.9. The topological polar surface area (TPSA) is 204 Å². The van der Waals surface area contributed by atoms with Gasteiger partial charge in [-0.15, -0.1) is 11.8 Å². The van der Waals surface area contributed by atoms with Crippen LogP contribution in [0.3, 0.4) is 0 Å². The van der Waals surface area contributed by atoms with Crippen LogP contribution in [0.15, 0.2) is 17.2 Å². The van der Waals surface area contributed by atoms with Gasteiger partial charge >= 0.3 is 18.0 Å². The van der Waals surface area contributed by atoms with Crippen molar-refractivity contribution in [2.45, 2.75) is 61.9 Å². The molecular weight excluding hydrogens is 560 g/mol. The minimum absolute atomic E-state index is 0.195. The van der Waals surface area contributed by atoms with Crippen LogP contribution >= 0.6 is 23.4 Å². The molecule has 2 aliphatic rings. The molecule has 14 nitrogen and oxygen atoms in total. The third kappa shape index (κ3) is 6.65. The number of carbonyl (C=O) groups is 5. The molecule has 1 aromatic rings. The summed E-state index contributed by atoms with van der Waals surface area (Å²) in [4.78, 5) is 62.6. The molecule has 39 heavy (non-hydrogen) atoms. The Balaban J connectivity index is 1.72. The number of aromatic hydroxyl groups is 2. The van der Waals surface area contributed by atoms with E-state index in [4.69, 9.17) is 21.1 Å². The molecule has 0 spiro atoms. The highest BCUT2D eigenvalue weighted by Gasteiger charge is 2.60. The number of amides is 3. The van der Waals surface area contributed by atoms with E-state index in [0.29, 0.717) is 0 Å². The number of β-lactam (4-membered cyclic amide) rings is 1. The third-order valence-electron chi connectivity index (χ3n) is 5.59. The lowest BCUT2D eigenvalue weighted by atomic mass is 9.97. The monoisotopic (exact) mass is 586 g/mol. The number of phenolic OH excluding ortho intramolecular Hbond substituents is 2. The van der Waals surface area contributed by atoms with E-state index >= 15 is 0 Å². The highest BCUT2D eigenvalue weighted by atomic mass is 35.5. The fourth-order valence-corrected chi connectivity index (χ4v) is 5.65. The third-order valence-corrected chi connectivity index (χ3v) is 7.48. The van der Waals surface area contributed by atoms with Gasteiger partial charge in [0, 0.05) is 6.21 Å². The summed E-state index contributed by atoms with van der Waals surface area (Å²) < 4.78 is 9.07. The number of hydrazone groups is 1. The molecule has 2 fully saturated rings. The SMILES string of the molecule is CC(C)(C)OC(=O)NC(COC(=O)c1ccc(O)c(O)c1Cl)C(=O)N/N=C/[C@]1(C)S[C@@H]2CC(=O)N2[C@H]1C(=O)O. The van der Waals surface area contributed by atoms with Crippen LogP contribution in [0, 0.1) is 0 Å². The van der Waals surface area contributed by atoms with Gasteiger partial charge in [0.1, 0.15) is 29.3 Å². The number of rotatable bonds is 8. The summed E-state index contributed by atoms with van der Waals surface area (Å²) in [5.41, 5.74) is 0.949. The van der Waals surface area contributed by atoms with Crippen LogP contribution in [0.1, 0.15) is 44.5 Å². The quantitative estimate of drug-likeness (QED) is 0.0968. The molecule has 16 heteroatoms. The Kier molecular flexibility index (Phi) is 8.55. The Bertz CT molecular complexity index is 1240. The van der Waals surface area contributed by atoms with E-state index in [1.807, 2.05) is 0 Å². The number of esters is 1. The van der Waals surface area contributed by atoms with Crippen LogP contribution in [0.4, 0.5) is 4.79 Å². The van der Waals surface area contributed by atoms with Gasteiger partial charge in [0.15, 0.2) is 11.5 Å². The number of hydrogen-bond donors (Lipinski definition) is 5. The number of aliphatic carboxylic acids is 1. The first kappa shape index (κ1) is 29.8. The Morgan fingerprint density at radius 2 is 1.97 bits per heavy atom. The van der Waals surface area contributed by atoms with Gasteiger partial charge in [-0.1, -0.05) is 11.6 Å². The van der Waals surface area contributed by atoms with Crippen LogP contribution in [-0.4, -0.2) is 90.7 Å². The van der Waals surface area contributed by atoms with Crippen LogP contribution in [0.25, 0.3) is 0 Å². The summed E-state index contributed by atoms with van der Waals surface area (Å²) in [7, 11) is 0. The highest BCUT2D eigenvalue weighted by Crippen LogP contribution is 2.50. The summed E-state index contributed by atoms with van der Waals surface area (Å²) in [5, 5.41) is 34.2. The highest BCUT2D eigenvalue weighted by molar-refractivity contribution is 8.02. The smallest absolute Gasteiger partial charge is 0.408 e. The van der Waals surface area contributed by atoms with Gasteiger partial charge in [-0.2, -0.15) is 5.10 Å². The summed E-state index contributed by atoms with van der Waals surface area (Å²) in [6, 6.07) is -0.616. The molecule has 2 heterocycles. The normalized spacial score (nSPS) is 23.0. The van der Waals surface area contributed by atoms with Crippen LogP contribution in [-0.2, 0) is 23.9 Å². The zero-order chi connectivity index (χ0) is 29.3. The molecule has 2 aliphatic heterocycles. The molecule has 1 aromatic carbocycles. The number of nitrogens with one attached hydrogen (secondary N) is 2. The molecule has 4 atom stereocenters. The van der Waals surface area contributed by atoms with Gasteiger partial charge in [0.2, 0.25) is 5.91 Å². The lowest BCUT2D eigenvalue weighted by molar-refractivity contribution is -0.156. The minimum Gasteiger partial charge on any atom is -0.504 e. The van der Waals surface area contributed by atoms with E-state index in [2.05, 4.69) is 15.8 Å². The van der Waals surface area contributed by atoms with Crippen molar-refractivity contribution in [3.8, 4) is 11.5 Å². The van der Waals surface area contributed by atoms with Crippen molar-refractivity contribution in [1.82, 2.24) is 15.6 Å². The summed E-state index contributed by atoms with van der Waals surface area (Å²) in [5.74, 6) is -4.85. The molecule has 5 N–H and O–H groups in total. The number of fused-ring (bicyclic) bond motifs is 1. The van der Waals surface area contributed by atoms with Crippen molar-refractivity contribution < 1.29 is 48.8 Å². The molecular formula is C23H27ClN4O10S. The second-order valence-electron chi connectivity index (χ2n) is 9.83. The van der Waals surface area contributed by atoms with Crippen molar-refractivity contribution >= 4 is 59.4 Å². The van der Waals surface area contributed by atoms with E-state index in [1.165, 1.54) is 22.9 Å². The van der Waals surface area contributed by atoms with Crippen molar-refractivity contribution in [2.24, 2.45) is 5.10 Å². The number of hydrogen-bond acceptors (Lipinski definition) is 11. The molecule has 212 valence electrons. The number of thioether (sulfide) groups is 1. The van der Waals surface area contributed by atoms with Crippen molar-refractivity contribution in [3.05, 3.63) is 22.7 Å². The van der Waals surface area contributed by atoms with E-state index in [0.717, 1.165) is 12.1 Å². The van der Waals surface area contributed by atoms with Crippen LogP contribution in [0.2, 0.25) is 5.02 Å². The fourth-order valence-electron chi connectivity index (χ4n) is 3.79. The number of carbonyl (C=O) groups excluding carboxylic acids is 4. The van der Waals surface area contributed by atoms with Crippen molar-refractivity contribution in [2.75, 3.05) is 6.61 Å². The van der Waals surface area contributed by atoms with E-state index < -0.39 is 69.5 Å². The number of nitrogens with zero attached hydrogens (tertiary/aromatic N) is 2. The fraction of sp³-hybridized carbons (Fsp3) is 0.478. The molecule has 0 aromatic heterocycles. The van der Waals surface area contributed by atoms with Crippen molar-refractivity contribution in [3.63, 3.8) is 0 Å². The van der Waals surface area contributed by atoms with Crippen LogP contribution in [0.5, 0.6) is 11.5 Å². The number of phenols is 2. The maximum atomic E-state index is 12.9. The number of alkyl carbamates (subject to hydrolysis) is 1. The summed E-state index contributed by atoms with van der Waals surface area (Å²) in [6.07, 6.45) is 0.380. The van der Waals surface area contributed by atoms with E-state index in [-0.39, 0.29) is 23.3 Å². The predicted octanol–water partition coefficient (Wildman–Crippen LogP) is 1.42. The summed E-state index contributed by atoms with van der Waals surface area (Å²) in [6.45, 7) is 5.63. The number of benzene rings is 1. The van der Waals surface area contributed by atoms with E-state index in [1.54, 1.807) is 27.7 Å². The predicted molar refractivity (Wildman–Crippen MR) is 138 cm³/mol. The van der Waals surface area contributed by atoms with Crippen LogP contribution < -0.4 is 10.7 Å². The first-order chi connectivity index (χ1) is 18.0. The van der Waals surface area contributed by atoms with Gasteiger partial charge in [-0.3, -0.25) is 9.59 Å². The largest absolute Gasteiger partial charge is 0.504 e. The average molecular weight is 587 g/mol. The standard InChI is InChI=1S/C23H27ClN4O10S/c1-22(2,3)38-21(36)26-11(8-37-20(35)10-5-6-12(29)16(31)15(10)24)18(32)27-25-9-23(4)17(19(33)34)28-13(30)7-14(28)39-23/h5-6,9,11,14,17,29,31H,7-8H2,1-4H3,(H,26,36)(H,27,32)(H,33,34)/b25-9+/t11?,14-,17+,23+/m1/s1. The molecule has 0 bridgehead atoms. The van der Waals surface area contributed by atoms with Gasteiger partial charge in [0.25, 0.3) is 5.91 Å². The first-order valence-electron chi connectivity index (χ1n) is 11.5. The number of carboxylic acid groups (broad SMARTS) is 1. The lowest BCUT2D eigenvalue weighted by Gasteiger charge is -2.36. The van der Waals surface area contributed by atoms with Gasteiger partial charge in [0.05, 0.1) is 22.1 Å². The molecule has 0 aliphatic carbocycles. The maximum Gasteiger partial charge on any atom is 0.408 e. The Hall–Kier alpha value is -3.72. The van der Waals surface area contributed by atoms with Crippen molar-refractivity contribution in [1.29, 1.82) is 0 Å². The number of halogens is 1. The van der Waals surface area contributed by atoms with Gasteiger partial charge in [-0.25, -0.2) is 19.8 Å². The molecule has 2 saturated heterocycles. The minimum atomic E-state index is -1.52. The Labute approximate surface area is 231 Å². The molecule has 3 rings (SSSR count). The summed E-state index contributed by atoms with van der Waals surface area (Å²) >= 11 is 7.08. The number of carboxylic acids is 1. The van der Waals surface area contributed by atoms with Gasteiger partial charge < -0.3 is 35.0 Å². The Morgan fingerprint density at radius 1 is 1.31 bits per heavy atom. The van der Waals surface area contributed by atoms with Gasteiger partial charge in [-0.05, 0) is 39.8 Å². The van der Waals surface area contributed by atoms with E-state index in [9.17, 15) is 39.3 Å². The first-order valence-corrected chi connectivity index (χ1v) is 12.7. The molecule has 0 radical (unpaired) electrons. The maximum absolute atomic E-state index is 12.9. The average Bonchev–Trinajstić information content (AvgIpc) is 3.05. The zero-order valence-electron chi connectivity index (χ0n) is 21.3. The Morgan fingerprint density at radius 3 is 2.56 bits per heavy atom. The zero-order valence-corrected chi connectivity index (χ0v) is 22.8. The second kappa shape index (κ2) is 11.2. The molecule has 1 unspecified atom stereocenters. The molecule has 3 amide bonds. The molecule has 0 saturated carbocycles.